The summed E-state index contributed by atoms with van der Waals surface area (Å²) >= 11 is 0. The molecule has 2 aromatic heterocycles. The second kappa shape index (κ2) is 10.4. The van der Waals surface area contributed by atoms with E-state index in [9.17, 15) is 9.59 Å². The Hall–Kier alpha value is -3.14. The van der Waals surface area contributed by atoms with Crippen molar-refractivity contribution in [1.29, 1.82) is 0 Å². The van der Waals surface area contributed by atoms with E-state index in [0.29, 0.717) is 11.4 Å². The van der Waals surface area contributed by atoms with Crippen molar-refractivity contribution >= 4 is 33.7 Å². The number of aliphatic carboxylic acids is 2. The summed E-state index contributed by atoms with van der Waals surface area (Å²) in [5, 5.41) is 19.3. The predicted octanol–water partition coefficient (Wildman–Crippen LogP) is 3.72. The molecule has 0 bridgehead atoms. The Morgan fingerprint density at radius 2 is 1.00 bits per heavy atom. The Morgan fingerprint density at radius 3 is 1.38 bits per heavy atom. The molecule has 4 aromatic rings. The van der Waals surface area contributed by atoms with Crippen LogP contribution in [-0.4, -0.2) is 32.1 Å². The van der Waals surface area contributed by atoms with Crippen molar-refractivity contribution < 1.29 is 40.2 Å². The number of hydrogen-bond acceptors (Lipinski definition) is 4. The predicted molar refractivity (Wildman–Crippen MR) is 106 cm³/mol. The molecule has 0 spiro atoms. The summed E-state index contributed by atoms with van der Waals surface area (Å²) in [5.41, 5.74) is 2.87. The van der Waals surface area contributed by atoms with E-state index in [1.807, 2.05) is 60.7 Å². The fraction of sp³-hybridized carbons (Fsp3) is 0.0909. The maximum absolute atomic E-state index is 10.5. The normalized spacial score (nSPS) is 9.93. The molecule has 0 radical (unpaired) electrons. The van der Waals surface area contributed by atoms with E-state index >= 15 is 0 Å². The van der Waals surface area contributed by atoms with Crippen LogP contribution in [-0.2, 0) is 42.9 Å². The van der Waals surface area contributed by atoms with Crippen LogP contribution in [0.2, 0.25) is 0 Å². The summed E-state index contributed by atoms with van der Waals surface area (Å²) in [6, 6.07) is 22.6. The number of carboxylic acids is 2. The van der Waals surface area contributed by atoms with Crippen LogP contribution in [0.1, 0.15) is 11.4 Å². The van der Waals surface area contributed by atoms with Gasteiger partial charge in [-0.3, -0.25) is 19.6 Å². The average Bonchev–Trinajstić information content (AvgIpc) is 2.67. The first kappa shape index (κ1) is 22.2. The molecule has 6 nitrogen and oxygen atoms in total. The first-order valence-electron chi connectivity index (χ1n) is 8.64. The number of para-hydroxylation sites is 2. The van der Waals surface area contributed by atoms with Gasteiger partial charge in [-0.1, -0.05) is 48.5 Å². The van der Waals surface area contributed by atoms with Gasteiger partial charge in [-0.2, -0.15) is 0 Å². The van der Waals surface area contributed by atoms with Crippen molar-refractivity contribution in [2.45, 2.75) is 12.8 Å². The molecule has 0 aliphatic carbocycles. The Labute approximate surface area is 180 Å². The molecule has 0 unspecified atom stereocenters. The molecule has 0 fully saturated rings. The molecule has 0 saturated carbocycles. The number of fused-ring (bicyclic) bond motifs is 2. The first-order valence-corrected chi connectivity index (χ1v) is 8.64. The van der Waals surface area contributed by atoms with Gasteiger partial charge in [0.15, 0.2) is 0 Å². The monoisotopic (exact) mass is 480 g/mol. The van der Waals surface area contributed by atoms with E-state index < -0.39 is 11.9 Å². The number of aromatic nitrogens is 2. The summed E-state index contributed by atoms with van der Waals surface area (Å²) in [7, 11) is 0. The van der Waals surface area contributed by atoms with E-state index in [1.165, 1.54) is 0 Å². The van der Waals surface area contributed by atoms with E-state index in [2.05, 4.69) is 9.97 Å². The molecule has 2 heterocycles. The Morgan fingerprint density at radius 1 is 0.621 bits per heavy atom. The number of pyridine rings is 2. The number of carbonyl (C=O) groups is 2. The van der Waals surface area contributed by atoms with Crippen LogP contribution in [0.25, 0.3) is 21.8 Å². The number of benzene rings is 2. The van der Waals surface area contributed by atoms with Crippen molar-refractivity contribution in [3.8, 4) is 0 Å². The molecule has 150 valence electrons. The van der Waals surface area contributed by atoms with Crippen LogP contribution in [0.5, 0.6) is 0 Å². The molecule has 0 aliphatic heterocycles. The molecule has 29 heavy (non-hydrogen) atoms. The summed E-state index contributed by atoms with van der Waals surface area (Å²) in [5.74, 6) is -1.71. The van der Waals surface area contributed by atoms with Gasteiger partial charge in [0.05, 0.1) is 35.3 Å². The zero-order valence-electron chi connectivity index (χ0n) is 15.3. The third kappa shape index (κ3) is 6.46. The number of rotatable bonds is 4. The van der Waals surface area contributed by atoms with Gasteiger partial charge in [-0.05, 0) is 24.3 Å². The first-order chi connectivity index (χ1) is 13.5. The molecule has 0 amide bonds. The smallest absolute Gasteiger partial charge is 0.309 e. The second-order valence-corrected chi connectivity index (χ2v) is 6.13. The van der Waals surface area contributed by atoms with E-state index in [-0.39, 0.29) is 33.3 Å². The van der Waals surface area contributed by atoms with E-state index in [0.717, 1.165) is 21.8 Å². The van der Waals surface area contributed by atoms with Crippen molar-refractivity contribution in [3.05, 3.63) is 84.2 Å². The van der Waals surface area contributed by atoms with Crippen LogP contribution >= 0.6 is 0 Å². The fourth-order valence-electron chi connectivity index (χ4n) is 2.72. The minimum atomic E-state index is -0.854. The van der Waals surface area contributed by atoms with Gasteiger partial charge in [-0.15, -0.1) is 0 Å². The maximum Gasteiger partial charge on any atom is 0.309 e. The van der Waals surface area contributed by atoms with Crippen molar-refractivity contribution in [2.24, 2.45) is 0 Å². The van der Waals surface area contributed by atoms with Crippen LogP contribution in [0.15, 0.2) is 72.8 Å². The van der Waals surface area contributed by atoms with Crippen LogP contribution in [0, 0.1) is 0 Å². The van der Waals surface area contributed by atoms with Gasteiger partial charge in [-0.25, -0.2) is 0 Å². The molecule has 2 N–H and O–H groups in total. The van der Waals surface area contributed by atoms with Crippen LogP contribution in [0.4, 0.5) is 0 Å². The minimum Gasteiger partial charge on any atom is -0.481 e. The van der Waals surface area contributed by atoms with Crippen molar-refractivity contribution in [1.82, 2.24) is 9.97 Å². The van der Waals surface area contributed by atoms with Gasteiger partial charge in [0.1, 0.15) is 0 Å². The third-order valence-electron chi connectivity index (χ3n) is 3.98. The van der Waals surface area contributed by atoms with Gasteiger partial charge >= 0.3 is 11.9 Å². The summed E-state index contributed by atoms with van der Waals surface area (Å²) in [6.07, 6.45) is -0.0460. The quantitative estimate of drug-likeness (QED) is 0.432. The molecule has 7 heteroatoms. The van der Waals surface area contributed by atoms with Crippen molar-refractivity contribution in [2.75, 3.05) is 0 Å². The Balaban J connectivity index is 0.000000200. The van der Waals surface area contributed by atoms with Gasteiger partial charge < -0.3 is 10.2 Å². The zero-order chi connectivity index (χ0) is 19.9. The molecular weight excluding hydrogens is 463 g/mol. The molecule has 0 aliphatic rings. The Bertz CT molecular complexity index is 1060. The van der Waals surface area contributed by atoms with E-state index in [4.69, 9.17) is 10.2 Å². The second-order valence-electron chi connectivity index (χ2n) is 6.13. The summed E-state index contributed by atoms with van der Waals surface area (Å²) < 4.78 is 0. The molecule has 2 aromatic carbocycles. The Kier molecular flexibility index (Phi) is 7.96. The van der Waals surface area contributed by atoms with Gasteiger partial charge in [0.25, 0.3) is 0 Å². The molecular formula is C22H18N2O4Pd. The maximum atomic E-state index is 10.5. The largest absolute Gasteiger partial charge is 0.481 e. The molecule has 0 atom stereocenters. The fourth-order valence-corrected chi connectivity index (χ4v) is 2.72. The standard InChI is InChI=1S/2C11H9NO2.Pd/c2*13-11(14)7-9-6-5-8-3-1-2-4-10(8)12-9;/h2*1-6H,7H2,(H,13,14);. The van der Waals surface area contributed by atoms with Crippen LogP contribution < -0.4 is 0 Å². The van der Waals surface area contributed by atoms with Crippen molar-refractivity contribution in [3.63, 3.8) is 0 Å². The topological polar surface area (TPSA) is 100 Å². The third-order valence-corrected chi connectivity index (χ3v) is 3.98. The van der Waals surface area contributed by atoms with Crippen LogP contribution in [0.3, 0.4) is 0 Å². The SMILES string of the molecule is O=C(O)Cc1ccc2ccccc2n1.O=C(O)Cc1ccc2ccccc2n1.[Pd]. The van der Waals surface area contributed by atoms with E-state index in [1.54, 1.807) is 12.1 Å². The number of nitrogens with zero attached hydrogens (tertiary/aromatic N) is 2. The molecule has 4 rings (SSSR count). The summed E-state index contributed by atoms with van der Waals surface area (Å²) in [4.78, 5) is 29.4. The zero-order valence-corrected chi connectivity index (χ0v) is 16.8. The summed E-state index contributed by atoms with van der Waals surface area (Å²) in [6.45, 7) is 0. The average molecular weight is 481 g/mol. The molecule has 0 saturated heterocycles. The van der Waals surface area contributed by atoms with Gasteiger partial charge in [0, 0.05) is 31.2 Å². The minimum absolute atomic E-state index is 0. The number of carboxylic acid groups (broad SMARTS) is 2. The van der Waals surface area contributed by atoms with Gasteiger partial charge in [0.2, 0.25) is 0 Å². The number of hydrogen-bond donors (Lipinski definition) is 2.